The van der Waals surface area contributed by atoms with E-state index in [2.05, 4.69) is 69.4 Å². The minimum atomic E-state index is -0.774. The molecule has 0 rings (SSSR count). The van der Waals surface area contributed by atoms with Gasteiger partial charge < -0.3 is 14.2 Å². The number of allylic oxidation sites excluding steroid dienone is 8. The van der Waals surface area contributed by atoms with Crippen molar-refractivity contribution in [2.24, 2.45) is 0 Å². The second-order valence-corrected chi connectivity index (χ2v) is 18.8. The number of carbonyl (C=O) groups is 3. The zero-order valence-electron chi connectivity index (χ0n) is 43.3. The summed E-state index contributed by atoms with van der Waals surface area (Å²) in [6.45, 7) is 6.55. The summed E-state index contributed by atoms with van der Waals surface area (Å²) in [5.41, 5.74) is 0. The molecule has 1 unspecified atom stereocenters. The summed E-state index contributed by atoms with van der Waals surface area (Å²) in [7, 11) is 0. The molecule has 0 aromatic rings. The normalized spacial score (nSPS) is 12.4. The molecule has 0 aromatic carbocycles. The van der Waals surface area contributed by atoms with Crippen LogP contribution in [0.15, 0.2) is 48.6 Å². The van der Waals surface area contributed by atoms with Crippen molar-refractivity contribution in [3.8, 4) is 0 Å². The molecule has 0 saturated heterocycles. The third-order valence-electron chi connectivity index (χ3n) is 12.3. The van der Waals surface area contributed by atoms with Crippen molar-refractivity contribution >= 4 is 17.9 Å². The molecule has 6 nitrogen and oxygen atoms in total. The van der Waals surface area contributed by atoms with E-state index in [1.165, 1.54) is 161 Å². The van der Waals surface area contributed by atoms with Crippen LogP contribution in [0.1, 0.15) is 290 Å². The quantitative estimate of drug-likeness (QED) is 0.0262. The highest BCUT2D eigenvalue weighted by Gasteiger charge is 2.19. The van der Waals surface area contributed by atoms with Crippen LogP contribution in [0.25, 0.3) is 0 Å². The smallest absolute Gasteiger partial charge is 0.306 e. The average Bonchev–Trinajstić information content (AvgIpc) is 3.30. The topological polar surface area (TPSA) is 78.9 Å². The van der Waals surface area contributed by atoms with E-state index >= 15 is 0 Å². The molecule has 0 heterocycles. The summed E-state index contributed by atoms with van der Waals surface area (Å²) in [4.78, 5) is 38.1. The van der Waals surface area contributed by atoms with E-state index in [9.17, 15) is 14.4 Å². The van der Waals surface area contributed by atoms with Gasteiger partial charge >= 0.3 is 17.9 Å². The minimum absolute atomic E-state index is 0.0733. The van der Waals surface area contributed by atoms with Crippen LogP contribution in [0.2, 0.25) is 0 Å². The highest BCUT2D eigenvalue weighted by atomic mass is 16.6. The molecule has 0 aliphatic carbocycles. The molecular weight excluding hydrogens is 805 g/mol. The molecule has 0 fully saturated rings. The van der Waals surface area contributed by atoms with Crippen molar-refractivity contribution in [2.75, 3.05) is 13.2 Å². The standard InChI is InChI=1S/C59H106O6/c1-4-7-10-13-16-19-22-25-27-28-29-30-32-34-37-40-43-46-49-52-58(61)64-55-56(54-63-57(60)51-48-45-42-39-36-33-24-21-18-15-12-9-6-3)65-59(62)53-50-47-44-41-38-35-31-26-23-20-17-14-11-8-5-2/h7,10,16,19,25,27,29-30,56H,4-6,8-9,11-15,17-18,20-24,26,28,31-55H2,1-3H3/b10-7-,19-16-,27-25-,30-29-. The van der Waals surface area contributed by atoms with Crippen molar-refractivity contribution in [1.82, 2.24) is 0 Å². The highest BCUT2D eigenvalue weighted by molar-refractivity contribution is 5.71. The Bertz CT molecular complexity index is 1140. The third kappa shape index (κ3) is 52.2. The van der Waals surface area contributed by atoms with Crippen molar-refractivity contribution in [1.29, 1.82) is 0 Å². The first kappa shape index (κ1) is 62.4. The average molecular weight is 911 g/mol. The van der Waals surface area contributed by atoms with E-state index in [0.29, 0.717) is 19.3 Å². The summed E-state index contributed by atoms with van der Waals surface area (Å²) in [6, 6.07) is 0. The maximum absolute atomic E-state index is 12.8. The molecule has 0 aliphatic heterocycles. The molecule has 1 atom stereocenters. The molecule has 0 radical (unpaired) electrons. The van der Waals surface area contributed by atoms with Gasteiger partial charge in [0.2, 0.25) is 0 Å². The molecule has 0 aromatic heterocycles. The predicted molar refractivity (Wildman–Crippen MR) is 279 cm³/mol. The van der Waals surface area contributed by atoms with Crippen LogP contribution in [-0.2, 0) is 28.6 Å². The maximum atomic E-state index is 12.8. The number of unbranched alkanes of at least 4 members (excludes halogenated alkanes) is 32. The lowest BCUT2D eigenvalue weighted by Gasteiger charge is -2.18. The number of hydrogen-bond donors (Lipinski definition) is 0. The molecule has 0 bridgehead atoms. The summed E-state index contributed by atoms with van der Waals surface area (Å²) in [5.74, 6) is -0.873. The predicted octanol–water partition coefficient (Wildman–Crippen LogP) is 18.7. The lowest BCUT2D eigenvalue weighted by atomic mass is 10.0. The van der Waals surface area contributed by atoms with E-state index in [-0.39, 0.29) is 31.1 Å². The van der Waals surface area contributed by atoms with E-state index in [1.54, 1.807) is 0 Å². The molecule has 0 saturated carbocycles. The lowest BCUT2D eigenvalue weighted by molar-refractivity contribution is -0.167. The second-order valence-electron chi connectivity index (χ2n) is 18.8. The van der Waals surface area contributed by atoms with Gasteiger partial charge in [0.05, 0.1) is 0 Å². The van der Waals surface area contributed by atoms with Gasteiger partial charge in [-0.3, -0.25) is 14.4 Å². The molecule has 378 valence electrons. The van der Waals surface area contributed by atoms with Gasteiger partial charge in [-0.05, 0) is 57.8 Å². The maximum Gasteiger partial charge on any atom is 0.306 e. The highest BCUT2D eigenvalue weighted by Crippen LogP contribution is 2.16. The number of hydrogen-bond acceptors (Lipinski definition) is 6. The van der Waals surface area contributed by atoms with E-state index in [0.717, 1.165) is 89.9 Å². The monoisotopic (exact) mass is 911 g/mol. The van der Waals surface area contributed by atoms with Gasteiger partial charge in [-0.2, -0.15) is 0 Å². The zero-order chi connectivity index (χ0) is 47.2. The first-order chi connectivity index (χ1) is 32.0. The SMILES string of the molecule is CC/C=C\C/C=C\C/C=C\C/C=C\CCCCCCCCC(=O)OCC(COC(=O)CCCCCCCCCCCCCCC)OC(=O)CCCCCCCCCCCCCCCCC. The molecular formula is C59H106O6. The molecule has 65 heavy (non-hydrogen) atoms. The lowest BCUT2D eigenvalue weighted by Crippen LogP contribution is -2.30. The first-order valence-corrected chi connectivity index (χ1v) is 28.1. The van der Waals surface area contributed by atoms with Crippen LogP contribution in [-0.4, -0.2) is 37.2 Å². The molecule has 0 N–H and O–H groups in total. The van der Waals surface area contributed by atoms with Crippen LogP contribution in [0, 0.1) is 0 Å². The Balaban J connectivity index is 4.36. The minimum Gasteiger partial charge on any atom is -0.462 e. The van der Waals surface area contributed by atoms with E-state index in [4.69, 9.17) is 14.2 Å². The Hall–Kier alpha value is -2.63. The fourth-order valence-corrected chi connectivity index (χ4v) is 8.14. The van der Waals surface area contributed by atoms with Gasteiger partial charge in [0.1, 0.15) is 13.2 Å². The fourth-order valence-electron chi connectivity index (χ4n) is 8.14. The summed E-state index contributed by atoms with van der Waals surface area (Å²) < 4.78 is 16.9. The summed E-state index contributed by atoms with van der Waals surface area (Å²) in [5, 5.41) is 0. The fraction of sp³-hybridized carbons (Fsp3) is 0.814. The van der Waals surface area contributed by atoms with Crippen molar-refractivity contribution in [2.45, 2.75) is 297 Å². The molecule has 6 heteroatoms. The molecule has 0 spiro atoms. The second kappa shape index (κ2) is 54.0. The molecule has 0 amide bonds. The number of esters is 3. The Morgan fingerprint density at radius 2 is 0.600 bits per heavy atom. The Kier molecular flexibility index (Phi) is 51.8. The first-order valence-electron chi connectivity index (χ1n) is 28.1. The number of carbonyl (C=O) groups excluding carboxylic acids is 3. The zero-order valence-corrected chi connectivity index (χ0v) is 43.3. The van der Waals surface area contributed by atoms with Crippen molar-refractivity contribution in [3.05, 3.63) is 48.6 Å². The van der Waals surface area contributed by atoms with Gasteiger partial charge in [-0.1, -0.05) is 262 Å². The van der Waals surface area contributed by atoms with Crippen LogP contribution < -0.4 is 0 Å². The van der Waals surface area contributed by atoms with Gasteiger partial charge in [0.15, 0.2) is 6.10 Å². The van der Waals surface area contributed by atoms with Gasteiger partial charge in [0.25, 0.3) is 0 Å². The van der Waals surface area contributed by atoms with E-state index in [1.807, 2.05) is 0 Å². The number of rotatable bonds is 51. The van der Waals surface area contributed by atoms with Gasteiger partial charge in [-0.15, -0.1) is 0 Å². The van der Waals surface area contributed by atoms with Gasteiger partial charge in [0, 0.05) is 19.3 Å². The Morgan fingerprint density at radius 1 is 0.323 bits per heavy atom. The van der Waals surface area contributed by atoms with Crippen LogP contribution in [0.4, 0.5) is 0 Å². The summed E-state index contributed by atoms with van der Waals surface area (Å²) >= 11 is 0. The van der Waals surface area contributed by atoms with E-state index < -0.39 is 6.10 Å². The third-order valence-corrected chi connectivity index (χ3v) is 12.3. The van der Waals surface area contributed by atoms with Crippen molar-refractivity contribution in [3.63, 3.8) is 0 Å². The van der Waals surface area contributed by atoms with Crippen LogP contribution >= 0.6 is 0 Å². The van der Waals surface area contributed by atoms with Crippen molar-refractivity contribution < 1.29 is 28.6 Å². The van der Waals surface area contributed by atoms with Crippen LogP contribution in [0.5, 0.6) is 0 Å². The largest absolute Gasteiger partial charge is 0.462 e. The van der Waals surface area contributed by atoms with Crippen LogP contribution in [0.3, 0.4) is 0 Å². The summed E-state index contributed by atoms with van der Waals surface area (Å²) in [6.07, 6.45) is 65.2. The van der Waals surface area contributed by atoms with Gasteiger partial charge in [-0.25, -0.2) is 0 Å². The number of ether oxygens (including phenoxy) is 3. The molecule has 0 aliphatic rings. The Morgan fingerprint density at radius 3 is 0.938 bits per heavy atom. The Labute approximate surface area is 403 Å².